The minimum Gasteiger partial charge on any atom is -0.478 e. The first-order chi connectivity index (χ1) is 9.28. The van der Waals surface area contributed by atoms with Gasteiger partial charge in [-0.05, 0) is 43.2 Å². The predicted molar refractivity (Wildman–Crippen MR) is 73.0 cm³/mol. The van der Waals surface area contributed by atoms with E-state index in [0.717, 1.165) is 37.8 Å². The molecule has 1 aliphatic rings. The molecule has 5 heteroatoms. The van der Waals surface area contributed by atoms with E-state index in [2.05, 4.69) is 19.2 Å². The normalized spacial score (nSPS) is 18.8. The average Bonchev–Trinajstić information content (AvgIpc) is 2.35. The summed E-state index contributed by atoms with van der Waals surface area (Å²) in [5.41, 5.74) is -0.322. The Balaban J connectivity index is 2.12. The lowest BCUT2D eigenvalue weighted by Gasteiger charge is -2.35. The molecule has 2 rings (SSSR count). The molecular formula is C15H19F2NO2. The maximum Gasteiger partial charge on any atom is 0.335 e. The molecule has 0 spiro atoms. The highest BCUT2D eigenvalue weighted by Gasteiger charge is 2.28. The van der Waals surface area contributed by atoms with Gasteiger partial charge in [0.05, 0.1) is 5.56 Å². The van der Waals surface area contributed by atoms with E-state index in [1.807, 2.05) is 0 Å². The molecule has 0 unspecified atom stereocenters. The second-order valence-corrected chi connectivity index (χ2v) is 6.20. The van der Waals surface area contributed by atoms with Gasteiger partial charge in [-0.25, -0.2) is 13.6 Å². The number of nitrogens with one attached hydrogen (secondary N) is 1. The Kier molecular flexibility index (Phi) is 3.97. The smallest absolute Gasteiger partial charge is 0.335 e. The number of benzene rings is 1. The van der Waals surface area contributed by atoms with E-state index in [4.69, 9.17) is 5.11 Å². The van der Waals surface area contributed by atoms with Crippen LogP contribution in [0.25, 0.3) is 0 Å². The molecule has 0 amide bonds. The fourth-order valence-electron chi connectivity index (χ4n) is 2.58. The summed E-state index contributed by atoms with van der Waals surface area (Å²) in [5.74, 6) is -3.05. The van der Waals surface area contributed by atoms with Gasteiger partial charge in [0.15, 0.2) is 0 Å². The number of aromatic carboxylic acids is 1. The zero-order chi connectivity index (χ0) is 14.9. The summed E-state index contributed by atoms with van der Waals surface area (Å²) >= 11 is 0. The molecule has 0 atom stereocenters. The molecule has 20 heavy (non-hydrogen) atoms. The summed E-state index contributed by atoms with van der Waals surface area (Å²) in [6.07, 6.45) is 3.71. The van der Waals surface area contributed by atoms with Crippen molar-refractivity contribution in [2.45, 2.75) is 45.6 Å². The summed E-state index contributed by atoms with van der Waals surface area (Å²) in [7, 11) is 0. The lowest BCUT2D eigenvalue weighted by molar-refractivity contribution is 0.0696. The maximum absolute atomic E-state index is 13.8. The molecule has 110 valence electrons. The van der Waals surface area contributed by atoms with Crippen LogP contribution in [0.15, 0.2) is 12.1 Å². The zero-order valence-electron chi connectivity index (χ0n) is 11.7. The van der Waals surface area contributed by atoms with Crippen LogP contribution in [0.3, 0.4) is 0 Å². The highest BCUT2D eigenvalue weighted by Crippen LogP contribution is 2.36. The fourth-order valence-corrected chi connectivity index (χ4v) is 2.58. The monoisotopic (exact) mass is 283 g/mol. The number of rotatable bonds is 3. The SMILES string of the molecule is CC1(C)CCC(Nc2c(F)cc(C(=O)O)cc2F)CC1. The molecule has 1 saturated carbocycles. The van der Waals surface area contributed by atoms with Crippen LogP contribution < -0.4 is 5.32 Å². The Morgan fingerprint density at radius 1 is 1.25 bits per heavy atom. The van der Waals surface area contributed by atoms with E-state index in [0.29, 0.717) is 0 Å². The van der Waals surface area contributed by atoms with Crippen molar-refractivity contribution in [1.29, 1.82) is 0 Å². The quantitative estimate of drug-likeness (QED) is 0.880. The first-order valence-electron chi connectivity index (χ1n) is 6.77. The highest BCUT2D eigenvalue weighted by atomic mass is 19.1. The van der Waals surface area contributed by atoms with Gasteiger partial charge in [0.25, 0.3) is 0 Å². The van der Waals surface area contributed by atoms with Crippen molar-refractivity contribution < 1.29 is 18.7 Å². The third-order valence-corrected chi connectivity index (χ3v) is 3.98. The van der Waals surface area contributed by atoms with Crippen LogP contribution in [0.5, 0.6) is 0 Å². The fraction of sp³-hybridized carbons (Fsp3) is 0.533. The Hall–Kier alpha value is -1.65. The van der Waals surface area contributed by atoms with Crippen LogP contribution in [0.4, 0.5) is 14.5 Å². The van der Waals surface area contributed by atoms with E-state index < -0.39 is 17.6 Å². The van der Waals surface area contributed by atoms with Crippen molar-refractivity contribution in [2.24, 2.45) is 5.41 Å². The van der Waals surface area contributed by atoms with Crippen molar-refractivity contribution >= 4 is 11.7 Å². The molecule has 0 saturated heterocycles. The first-order valence-corrected chi connectivity index (χ1v) is 6.77. The molecule has 3 nitrogen and oxygen atoms in total. The molecule has 1 aromatic rings. The van der Waals surface area contributed by atoms with E-state index in [9.17, 15) is 13.6 Å². The van der Waals surface area contributed by atoms with E-state index in [1.54, 1.807) is 0 Å². The Morgan fingerprint density at radius 3 is 2.20 bits per heavy atom. The number of carboxylic acids is 1. The van der Waals surface area contributed by atoms with Gasteiger partial charge < -0.3 is 10.4 Å². The number of carbonyl (C=O) groups is 1. The molecule has 0 heterocycles. The van der Waals surface area contributed by atoms with Gasteiger partial charge in [-0.2, -0.15) is 0 Å². The number of hydrogen-bond donors (Lipinski definition) is 2. The van der Waals surface area contributed by atoms with Crippen molar-refractivity contribution in [3.8, 4) is 0 Å². The van der Waals surface area contributed by atoms with Crippen molar-refractivity contribution in [2.75, 3.05) is 5.32 Å². The van der Waals surface area contributed by atoms with Gasteiger partial charge in [0, 0.05) is 6.04 Å². The summed E-state index contributed by atoms with van der Waals surface area (Å²) in [5, 5.41) is 11.6. The van der Waals surface area contributed by atoms with Crippen molar-refractivity contribution in [3.63, 3.8) is 0 Å². The van der Waals surface area contributed by atoms with Gasteiger partial charge in [0.1, 0.15) is 17.3 Å². The van der Waals surface area contributed by atoms with Crippen molar-refractivity contribution in [3.05, 3.63) is 29.3 Å². The lowest BCUT2D eigenvalue weighted by Crippen LogP contribution is -2.30. The topological polar surface area (TPSA) is 49.3 Å². The van der Waals surface area contributed by atoms with Gasteiger partial charge in [-0.3, -0.25) is 0 Å². The Morgan fingerprint density at radius 2 is 1.75 bits per heavy atom. The van der Waals surface area contributed by atoms with Gasteiger partial charge >= 0.3 is 5.97 Å². The van der Waals surface area contributed by atoms with Gasteiger partial charge in [-0.1, -0.05) is 13.8 Å². The summed E-state index contributed by atoms with van der Waals surface area (Å²) < 4.78 is 27.6. The average molecular weight is 283 g/mol. The molecule has 2 N–H and O–H groups in total. The highest BCUT2D eigenvalue weighted by molar-refractivity contribution is 5.88. The van der Waals surface area contributed by atoms with E-state index in [1.165, 1.54) is 0 Å². The number of halogens is 2. The second-order valence-electron chi connectivity index (χ2n) is 6.20. The minimum absolute atomic E-state index is 0.0303. The minimum atomic E-state index is -1.34. The third kappa shape index (κ3) is 3.26. The largest absolute Gasteiger partial charge is 0.478 e. The molecule has 0 radical (unpaired) electrons. The van der Waals surface area contributed by atoms with Crippen molar-refractivity contribution in [1.82, 2.24) is 0 Å². The molecular weight excluding hydrogens is 264 g/mol. The summed E-state index contributed by atoms with van der Waals surface area (Å²) in [6, 6.07) is 1.73. The standard InChI is InChI=1S/C15H19F2NO2/c1-15(2)5-3-10(4-6-15)18-13-11(16)7-9(14(19)20)8-12(13)17/h7-8,10,18H,3-6H2,1-2H3,(H,19,20). The Bertz CT molecular complexity index is 496. The maximum atomic E-state index is 13.8. The van der Waals surface area contributed by atoms with Crippen LogP contribution in [-0.4, -0.2) is 17.1 Å². The van der Waals surface area contributed by atoms with Crippen LogP contribution >= 0.6 is 0 Å². The molecule has 0 bridgehead atoms. The van der Waals surface area contributed by atoms with E-state index >= 15 is 0 Å². The molecule has 0 aliphatic heterocycles. The van der Waals surface area contributed by atoms with Crippen LogP contribution in [0.2, 0.25) is 0 Å². The molecule has 1 aliphatic carbocycles. The van der Waals surface area contributed by atoms with E-state index in [-0.39, 0.29) is 22.7 Å². The number of anilines is 1. The first kappa shape index (κ1) is 14.8. The number of hydrogen-bond acceptors (Lipinski definition) is 2. The molecule has 1 fully saturated rings. The number of carboxylic acid groups (broad SMARTS) is 1. The molecule has 1 aromatic carbocycles. The van der Waals surface area contributed by atoms with Crippen LogP contribution in [0.1, 0.15) is 49.9 Å². The molecule has 0 aromatic heterocycles. The predicted octanol–water partition coefficient (Wildman–Crippen LogP) is 4.04. The third-order valence-electron chi connectivity index (χ3n) is 3.98. The zero-order valence-corrected chi connectivity index (χ0v) is 11.7. The lowest BCUT2D eigenvalue weighted by atomic mass is 9.75. The van der Waals surface area contributed by atoms with Crippen LogP contribution in [0, 0.1) is 17.0 Å². The second kappa shape index (κ2) is 5.38. The van der Waals surface area contributed by atoms with Gasteiger partial charge in [-0.15, -0.1) is 0 Å². The Labute approximate surface area is 117 Å². The summed E-state index contributed by atoms with van der Waals surface area (Å²) in [4.78, 5) is 10.7. The van der Waals surface area contributed by atoms with Gasteiger partial charge in [0.2, 0.25) is 0 Å². The van der Waals surface area contributed by atoms with Crippen LogP contribution in [-0.2, 0) is 0 Å². The summed E-state index contributed by atoms with van der Waals surface area (Å²) in [6.45, 7) is 4.37.